The fraction of sp³-hybridized carbons (Fsp3) is 0.211. The number of halogens is 3. The summed E-state index contributed by atoms with van der Waals surface area (Å²) in [5.74, 6) is -6.67. The van der Waals surface area contributed by atoms with E-state index in [9.17, 15) is 27.6 Å². The average molecular weight is 426 g/mol. The van der Waals surface area contributed by atoms with Crippen molar-refractivity contribution < 1.29 is 41.8 Å². The van der Waals surface area contributed by atoms with Crippen molar-refractivity contribution in [3.05, 3.63) is 53.3 Å². The second-order valence-electron chi connectivity index (χ2n) is 5.69. The number of nitrogens with one attached hydrogen (secondary N) is 2. The second kappa shape index (κ2) is 10.1. The Morgan fingerprint density at radius 2 is 1.67 bits per heavy atom. The van der Waals surface area contributed by atoms with Gasteiger partial charge >= 0.3 is 5.97 Å². The molecule has 2 aromatic carbocycles. The van der Waals surface area contributed by atoms with Crippen molar-refractivity contribution in [3.8, 4) is 11.5 Å². The van der Waals surface area contributed by atoms with Gasteiger partial charge in [-0.3, -0.25) is 9.59 Å². The monoisotopic (exact) mass is 426 g/mol. The summed E-state index contributed by atoms with van der Waals surface area (Å²) in [4.78, 5) is 35.6. The van der Waals surface area contributed by atoms with E-state index >= 15 is 0 Å². The lowest BCUT2D eigenvalue weighted by molar-refractivity contribution is -0.126. The Labute approximate surface area is 168 Å². The molecule has 0 heterocycles. The van der Waals surface area contributed by atoms with Crippen LogP contribution in [0.3, 0.4) is 0 Å². The molecule has 0 aliphatic rings. The molecule has 2 rings (SSSR count). The van der Waals surface area contributed by atoms with E-state index in [4.69, 9.17) is 14.2 Å². The highest BCUT2D eigenvalue weighted by Crippen LogP contribution is 2.25. The third-order valence-electron chi connectivity index (χ3n) is 3.72. The Morgan fingerprint density at radius 3 is 2.33 bits per heavy atom. The first-order chi connectivity index (χ1) is 14.3. The number of benzene rings is 2. The molecule has 0 aliphatic heterocycles. The number of rotatable bonds is 8. The van der Waals surface area contributed by atoms with Crippen LogP contribution in [0.5, 0.6) is 11.5 Å². The van der Waals surface area contributed by atoms with E-state index in [1.54, 1.807) is 0 Å². The van der Waals surface area contributed by atoms with Crippen molar-refractivity contribution in [2.45, 2.75) is 0 Å². The first-order valence-corrected chi connectivity index (χ1v) is 8.36. The highest BCUT2D eigenvalue weighted by atomic mass is 19.2. The van der Waals surface area contributed by atoms with Gasteiger partial charge in [0, 0.05) is 6.07 Å². The van der Waals surface area contributed by atoms with Gasteiger partial charge in [-0.1, -0.05) is 0 Å². The Hall–Kier alpha value is -3.76. The van der Waals surface area contributed by atoms with Crippen LogP contribution >= 0.6 is 0 Å². The SMILES string of the molecule is COc1ccc(C(=O)OCC(=O)NCC(=O)Nc2ccc(F)c(F)c2F)c(OC)c1. The molecule has 0 saturated heterocycles. The summed E-state index contributed by atoms with van der Waals surface area (Å²) in [6.07, 6.45) is 0. The van der Waals surface area contributed by atoms with E-state index in [2.05, 4.69) is 5.32 Å². The van der Waals surface area contributed by atoms with Crippen LogP contribution in [0.2, 0.25) is 0 Å². The van der Waals surface area contributed by atoms with Crippen LogP contribution in [0.4, 0.5) is 18.9 Å². The van der Waals surface area contributed by atoms with E-state index < -0.39 is 54.1 Å². The maximum Gasteiger partial charge on any atom is 0.342 e. The minimum absolute atomic E-state index is 0.0534. The second-order valence-corrected chi connectivity index (χ2v) is 5.69. The molecule has 160 valence electrons. The van der Waals surface area contributed by atoms with Gasteiger partial charge in [-0.25, -0.2) is 18.0 Å². The molecule has 2 N–H and O–H groups in total. The van der Waals surface area contributed by atoms with Gasteiger partial charge in [0.1, 0.15) is 17.1 Å². The lowest BCUT2D eigenvalue weighted by Gasteiger charge is -2.11. The Morgan fingerprint density at radius 1 is 0.933 bits per heavy atom. The number of carbonyl (C=O) groups is 3. The highest BCUT2D eigenvalue weighted by Gasteiger charge is 2.18. The maximum absolute atomic E-state index is 13.5. The standard InChI is InChI=1S/C19H17F3N2O6/c1-28-10-3-4-11(14(7-10)29-2)19(27)30-9-16(26)23-8-15(25)24-13-6-5-12(20)17(21)18(13)22/h3-7H,8-9H2,1-2H3,(H,23,26)(H,24,25). The third-order valence-corrected chi connectivity index (χ3v) is 3.72. The predicted molar refractivity (Wildman–Crippen MR) is 97.8 cm³/mol. The Kier molecular flexibility index (Phi) is 7.62. The molecule has 0 bridgehead atoms. The zero-order valence-corrected chi connectivity index (χ0v) is 15.9. The molecule has 0 unspecified atom stereocenters. The normalized spacial score (nSPS) is 10.2. The minimum Gasteiger partial charge on any atom is -0.497 e. The van der Waals surface area contributed by atoms with Gasteiger partial charge in [0.25, 0.3) is 5.91 Å². The van der Waals surface area contributed by atoms with Crippen molar-refractivity contribution >= 4 is 23.5 Å². The molecule has 2 aromatic rings. The number of ether oxygens (including phenoxy) is 3. The molecule has 11 heteroatoms. The fourth-order valence-electron chi connectivity index (χ4n) is 2.22. The fourth-order valence-corrected chi connectivity index (χ4v) is 2.22. The zero-order valence-electron chi connectivity index (χ0n) is 15.9. The van der Waals surface area contributed by atoms with Gasteiger partial charge in [-0.05, 0) is 24.3 Å². The third kappa shape index (κ3) is 5.63. The number of hydrogen-bond donors (Lipinski definition) is 2. The van der Waals surface area contributed by atoms with Crippen molar-refractivity contribution in [2.75, 3.05) is 32.7 Å². The lowest BCUT2D eigenvalue weighted by atomic mass is 10.2. The Balaban J connectivity index is 1.84. The van der Waals surface area contributed by atoms with Crippen LogP contribution in [-0.4, -0.2) is 45.2 Å². The summed E-state index contributed by atoms with van der Waals surface area (Å²) in [7, 11) is 2.78. The van der Waals surface area contributed by atoms with Crippen LogP contribution in [0.15, 0.2) is 30.3 Å². The zero-order chi connectivity index (χ0) is 22.3. The van der Waals surface area contributed by atoms with Crippen LogP contribution < -0.4 is 20.1 Å². The van der Waals surface area contributed by atoms with E-state index in [-0.39, 0.29) is 11.3 Å². The summed E-state index contributed by atoms with van der Waals surface area (Å²) < 4.78 is 54.4. The molecule has 0 aliphatic carbocycles. The van der Waals surface area contributed by atoms with Gasteiger partial charge in [-0.15, -0.1) is 0 Å². The van der Waals surface area contributed by atoms with E-state index in [1.165, 1.54) is 32.4 Å². The summed E-state index contributed by atoms with van der Waals surface area (Å²) >= 11 is 0. The largest absolute Gasteiger partial charge is 0.497 e. The van der Waals surface area contributed by atoms with Crippen molar-refractivity contribution in [1.29, 1.82) is 0 Å². The summed E-state index contributed by atoms with van der Waals surface area (Å²) in [6, 6.07) is 5.82. The average Bonchev–Trinajstić information content (AvgIpc) is 2.75. The summed E-state index contributed by atoms with van der Waals surface area (Å²) in [5, 5.41) is 4.11. The molecule has 0 radical (unpaired) electrons. The number of anilines is 1. The topological polar surface area (TPSA) is 103 Å². The van der Waals surface area contributed by atoms with Gasteiger partial charge < -0.3 is 24.8 Å². The molecule has 0 aromatic heterocycles. The predicted octanol–water partition coefficient (Wildman–Crippen LogP) is 2.03. The van der Waals surface area contributed by atoms with Crippen LogP contribution in [0.1, 0.15) is 10.4 Å². The number of amides is 2. The molecule has 0 fully saturated rings. The highest BCUT2D eigenvalue weighted by molar-refractivity contribution is 5.96. The quantitative estimate of drug-likeness (QED) is 0.495. The van der Waals surface area contributed by atoms with E-state index in [1.807, 2.05) is 5.32 Å². The van der Waals surface area contributed by atoms with E-state index in [0.29, 0.717) is 11.8 Å². The van der Waals surface area contributed by atoms with Gasteiger partial charge in [0.2, 0.25) is 5.91 Å². The van der Waals surface area contributed by atoms with Crippen molar-refractivity contribution in [3.63, 3.8) is 0 Å². The van der Waals surface area contributed by atoms with Crippen molar-refractivity contribution in [1.82, 2.24) is 5.32 Å². The van der Waals surface area contributed by atoms with Crippen LogP contribution in [0.25, 0.3) is 0 Å². The molecule has 0 spiro atoms. The smallest absolute Gasteiger partial charge is 0.342 e. The van der Waals surface area contributed by atoms with Crippen LogP contribution in [-0.2, 0) is 14.3 Å². The molecule has 0 atom stereocenters. The minimum atomic E-state index is -1.74. The van der Waals surface area contributed by atoms with Crippen LogP contribution in [0, 0.1) is 17.5 Å². The maximum atomic E-state index is 13.5. The molecular weight excluding hydrogens is 409 g/mol. The van der Waals surface area contributed by atoms with Gasteiger partial charge in [0.05, 0.1) is 26.5 Å². The first-order valence-electron chi connectivity index (χ1n) is 8.36. The molecule has 0 saturated carbocycles. The molecule has 2 amide bonds. The molecule has 8 nitrogen and oxygen atoms in total. The van der Waals surface area contributed by atoms with Crippen molar-refractivity contribution in [2.24, 2.45) is 0 Å². The van der Waals surface area contributed by atoms with Gasteiger partial charge in [-0.2, -0.15) is 0 Å². The van der Waals surface area contributed by atoms with Gasteiger partial charge in [0.15, 0.2) is 24.1 Å². The number of esters is 1. The summed E-state index contributed by atoms with van der Waals surface area (Å²) in [5.41, 5.74) is -0.538. The Bertz CT molecular complexity index is 968. The summed E-state index contributed by atoms with van der Waals surface area (Å²) in [6.45, 7) is -1.33. The van der Waals surface area contributed by atoms with E-state index in [0.717, 1.165) is 6.07 Å². The number of hydrogen-bond acceptors (Lipinski definition) is 6. The molecular formula is C19H17F3N2O6. The number of carbonyl (C=O) groups excluding carboxylic acids is 3. The molecule has 30 heavy (non-hydrogen) atoms. The number of methoxy groups -OCH3 is 2. The first kappa shape index (κ1) is 22.5. The lowest BCUT2D eigenvalue weighted by Crippen LogP contribution is -2.35.